The van der Waals surface area contributed by atoms with E-state index in [1.807, 2.05) is 38.1 Å². The van der Waals surface area contributed by atoms with Crippen LogP contribution in [-0.4, -0.2) is 5.91 Å². The molecule has 3 heteroatoms. The number of hydrogen-bond acceptors (Lipinski definition) is 2. The summed E-state index contributed by atoms with van der Waals surface area (Å²) in [6.07, 6.45) is 0.464. The van der Waals surface area contributed by atoms with E-state index in [1.54, 1.807) is 0 Å². The van der Waals surface area contributed by atoms with Gasteiger partial charge in [-0.2, -0.15) is 0 Å². The van der Waals surface area contributed by atoms with E-state index in [0.29, 0.717) is 13.0 Å². The molecular weight excluding hydrogens is 212 g/mol. The van der Waals surface area contributed by atoms with Gasteiger partial charge in [0.1, 0.15) is 0 Å². The van der Waals surface area contributed by atoms with Crippen molar-refractivity contribution in [3.63, 3.8) is 0 Å². The van der Waals surface area contributed by atoms with Gasteiger partial charge >= 0.3 is 0 Å². The lowest BCUT2D eigenvalue weighted by Gasteiger charge is -2.15. The van der Waals surface area contributed by atoms with Crippen LogP contribution >= 0.6 is 0 Å². The molecule has 1 amide bonds. The normalized spacial score (nSPS) is 12.5. The number of carbonyl (C=O) groups excluding carboxylic acids is 1. The van der Waals surface area contributed by atoms with Crippen LogP contribution in [0.4, 0.5) is 0 Å². The smallest absolute Gasteiger partial charge is 0.220 e. The summed E-state index contributed by atoms with van der Waals surface area (Å²) in [5.41, 5.74) is 7.72. The van der Waals surface area contributed by atoms with Gasteiger partial charge in [0.25, 0.3) is 0 Å². The second kappa shape index (κ2) is 6.40. The molecule has 3 N–H and O–H groups in total. The number of benzene rings is 1. The minimum atomic E-state index is 0.0214. The molecule has 0 aliphatic heterocycles. The molecule has 0 heterocycles. The average molecular weight is 233 g/mol. The first-order valence-electron chi connectivity index (χ1n) is 5.94. The number of nitrogens with two attached hydrogens (primary N) is 1. The molecule has 0 aliphatic carbocycles. The van der Waals surface area contributed by atoms with Gasteiger partial charge in [0.2, 0.25) is 5.91 Å². The zero-order valence-corrected chi connectivity index (χ0v) is 10.6. The molecule has 0 saturated carbocycles. The predicted molar refractivity (Wildman–Crippen MR) is 70.0 cm³/mol. The summed E-state index contributed by atoms with van der Waals surface area (Å²) in [4.78, 5) is 11.6. The second-order valence-corrected chi connectivity index (χ2v) is 4.54. The fourth-order valence-corrected chi connectivity index (χ4v) is 1.64. The van der Waals surface area contributed by atoms with E-state index < -0.39 is 0 Å². The van der Waals surface area contributed by atoms with Crippen molar-refractivity contribution in [1.82, 2.24) is 5.32 Å². The fraction of sp³-hybridized carbons (Fsp3) is 0.429. The summed E-state index contributed by atoms with van der Waals surface area (Å²) in [6.45, 7) is 8.25. The van der Waals surface area contributed by atoms with Crippen LogP contribution in [-0.2, 0) is 11.3 Å². The van der Waals surface area contributed by atoms with Gasteiger partial charge in [-0.1, -0.05) is 31.2 Å². The molecule has 1 radical (unpaired) electrons. The molecule has 1 rings (SSSR count). The Bertz CT molecular complexity index is 357. The first-order valence-corrected chi connectivity index (χ1v) is 5.94. The van der Waals surface area contributed by atoms with E-state index in [0.717, 1.165) is 11.1 Å². The van der Waals surface area contributed by atoms with Gasteiger partial charge in [0.05, 0.1) is 6.04 Å². The highest BCUT2D eigenvalue weighted by Crippen LogP contribution is 2.13. The van der Waals surface area contributed by atoms with Crippen molar-refractivity contribution < 1.29 is 4.79 Å². The summed E-state index contributed by atoms with van der Waals surface area (Å²) in [5.74, 6) is 0.185. The van der Waals surface area contributed by atoms with Crippen LogP contribution in [0.15, 0.2) is 24.3 Å². The van der Waals surface area contributed by atoms with Gasteiger partial charge in [-0.05, 0) is 30.9 Å². The summed E-state index contributed by atoms with van der Waals surface area (Å²) in [6, 6.07) is 8.00. The highest BCUT2D eigenvalue weighted by molar-refractivity contribution is 5.76. The zero-order valence-electron chi connectivity index (χ0n) is 10.6. The maximum absolute atomic E-state index is 11.6. The molecule has 0 spiro atoms. The minimum absolute atomic E-state index is 0.0214. The van der Waals surface area contributed by atoms with E-state index in [4.69, 9.17) is 5.73 Å². The Morgan fingerprint density at radius 2 is 1.94 bits per heavy atom. The highest BCUT2D eigenvalue weighted by atomic mass is 16.1. The third-order valence-corrected chi connectivity index (χ3v) is 2.63. The quantitative estimate of drug-likeness (QED) is 0.819. The highest BCUT2D eigenvalue weighted by Gasteiger charge is 2.10. The van der Waals surface area contributed by atoms with Gasteiger partial charge in [0, 0.05) is 13.0 Å². The monoisotopic (exact) mass is 233 g/mol. The third kappa shape index (κ3) is 4.57. The summed E-state index contributed by atoms with van der Waals surface area (Å²) < 4.78 is 0. The molecule has 0 aliphatic rings. The fourth-order valence-electron chi connectivity index (χ4n) is 1.64. The maximum Gasteiger partial charge on any atom is 0.220 e. The van der Waals surface area contributed by atoms with Crippen LogP contribution in [0.1, 0.15) is 37.4 Å². The predicted octanol–water partition coefficient (Wildman–Crippen LogP) is 2.18. The summed E-state index contributed by atoms with van der Waals surface area (Å²) in [7, 11) is 0. The average Bonchev–Trinajstić information content (AvgIpc) is 2.28. The topological polar surface area (TPSA) is 55.1 Å². The Morgan fingerprint density at radius 1 is 1.35 bits per heavy atom. The molecule has 0 bridgehead atoms. The molecule has 3 nitrogen and oxygen atoms in total. The first-order chi connectivity index (χ1) is 8.02. The minimum Gasteiger partial charge on any atom is -0.350 e. The van der Waals surface area contributed by atoms with Crippen molar-refractivity contribution >= 4 is 5.91 Å². The summed E-state index contributed by atoms with van der Waals surface area (Å²) >= 11 is 0. The number of rotatable bonds is 5. The van der Waals surface area contributed by atoms with Crippen LogP contribution in [0.5, 0.6) is 0 Å². The number of hydrogen-bond donors (Lipinski definition) is 2. The molecule has 93 valence electrons. The molecular formula is C14H21N2O. The van der Waals surface area contributed by atoms with Crippen LogP contribution in [0.25, 0.3) is 0 Å². The molecule has 0 aromatic heterocycles. The van der Waals surface area contributed by atoms with E-state index in [1.165, 1.54) is 0 Å². The van der Waals surface area contributed by atoms with Crippen molar-refractivity contribution in [2.75, 3.05) is 0 Å². The Hall–Kier alpha value is -1.35. The van der Waals surface area contributed by atoms with E-state index in [-0.39, 0.29) is 17.9 Å². The molecule has 1 aromatic carbocycles. The first kappa shape index (κ1) is 13.7. The lowest BCUT2D eigenvalue weighted by Crippen LogP contribution is -2.27. The van der Waals surface area contributed by atoms with Gasteiger partial charge in [-0.15, -0.1) is 0 Å². The Labute approximate surface area is 103 Å². The Kier molecular flexibility index (Phi) is 5.16. The van der Waals surface area contributed by atoms with E-state index in [9.17, 15) is 4.79 Å². The van der Waals surface area contributed by atoms with E-state index >= 15 is 0 Å². The van der Waals surface area contributed by atoms with Crippen molar-refractivity contribution in [3.8, 4) is 0 Å². The maximum atomic E-state index is 11.6. The van der Waals surface area contributed by atoms with Crippen molar-refractivity contribution in [3.05, 3.63) is 42.3 Å². The Morgan fingerprint density at radius 3 is 2.41 bits per heavy atom. The molecule has 1 aromatic rings. The largest absolute Gasteiger partial charge is 0.350 e. The number of nitrogens with one attached hydrogen (secondary N) is 1. The third-order valence-electron chi connectivity index (χ3n) is 2.63. The van der Waals surface area contributed by atoms with Gasteiger partial charge < -0.3 is 11.1 Å². The SMILES string of the molecule is [CH2]C(C)CC(=O)NC(C)c1ccc(CN)cc1. The van der Waals surface area contributed by atoms with Crippen LogP contribution in [0.2, 0.25) is 0 Å². The van der Waals surface area contributed by atoms with Crippen molar-refractivity contribution in [1.29, 1.82) is 0 Å². The van der Waals surface area contributed by atoms with Crippen LogP contribution < -0.4 is 11.1 Å². The molecule has 2 unspecified atom stereocenters. The van der Waals surface area contributed by atoms with E-state index in [2.05, 4.69) is 12.2 Å². The van der Waals surface area contributed by atoms with Gasteiger partial charge in [-0.3, -0.25) is 4.79 Å². The molecule has 0 fully saturated rings. The second-order valence-electron chi connectivity index (χ2n) is 4.54. The van der Waals surface area contributed by atoms with Gasteiger partial charge in [-0.25, -0.2) is 0 Å². The van der Waals surface area contributed by atoms with Crippen LogP contribution in [0, 0.1) is 12.8 Å². The molecule has 0 saturated heterocycles. The van der Waals surface area contributed by atoms with Gasteiger partial charge in [0.15, 0.2) is 0 Å². The standard InChI is InChI=1S/C14H21N2O/c1-10(2)8-14(17)16-11(3)13-6-4-12(9-15)5-7-13/h4-7,10-11H,1,8-9,15H2,2-3H3,(H,16,17). The summed E-state index contributed by atoms with van der Waals surface area (Å²) in [5, 5.41) is 2.95. The number of amides is 1. The molecule has 17 heavy (non-hydrogen) atoms. The van der Waals surface area contributed by atoms with Crippen LogP contribution in [0.3, 0.4) is 0 Å². The zero-order chi connectivity index (χ0) is 12.8. The molecule has 2 atom stereocenters. The lowest BCUT2D eigenvalue weighted by molar-refractivity contribution is -0.122. The number of carbonyl (C=O) groups is 1. The lowest BCUT2D eigenvalue weighted by atomic mass is 10.1. The Balaban J connectivity index is 2.56. The van der Waals surface area contributed by atoms with Crippen molar-refractivity contribution in [2.24, 2.45) is 11.7 Å². The van der Waals surface area contributed by atoms with Crippen molar-refractivity contribution in [2.45, 2.75) is 32.9 Å².